The van der Waals surface area contributed by atoms with Gasteiger partial charge in [0, 0.05) is 23.5 Å². The van der Waals surface area contributed by atoms with Crippen molar-refractivity contribution in [1.29, 1.82) is 0 Å². The molecular weight excluding hydrogens is 276 g/mol. The van der Waals surface area contributed by atoms with E-state index in [-0.39, 0.29) is 0 Å². The Morgan fingerprint density at radius 3 is 2.86 bits per heavy atom. The molecule has 2 nitrogen and oxygen atoms in total. The second-order valence-corrected chi connectivity index (χ2v) is 6.94. The van der Waals surface area contributed by atoms with Gasteiger partial charge in [-0.2, -0.15) is 0 Å². The number of aromatic nitrogens is 1. The molecule has 1 aliphatic carbocycles. The molecule has 1 atom stereocenters. The molecule has 1 heterocycles. The number of aryl methyl sites for hydroxylation is 1. The average molecular weight is 300 g/mol. The van der Waals surface area contributed by atoms with Gasteiger partial charge in [0.05, 0.1) is 5.01 Å². The molecule has 0 bridgehead atoms. The van der Waals surface area contributed by atoms with Crippen LogP contribution >= 0.6 is 11.3 Å². The summed E-state index contributed by atoms with van der Waals surface area (Å²) in [5.41, 5.74) is 4.07. The molecule has 3 rings (SSSR count). The third-order valence-electron chi connectivity index (χ3n) is 4.39. The molecule has 3 heteroatoms. The van der Waals surface area contributed by atoms with Crippen LogP contribution in [0.1, 0.15) is 60.0 Å². The Morgan fingerprint density at radius 2 is 2.24 bits per heavy atom. The number of rotatable bonds is 6. The summed E-state index contributed by atoms with van der Waals surface area (Å²) in [6, 6.07) is 9.57. The summed E-state index contributed by atoms with van der Waals surface area (Å²) in [5.74, 6) is 0.800. The van der Waals surface area contributed by atoms with Crippen molar-refractivity contribution < 1.29 is 0 Å². The van der Waals surface area contributed by atoms with Crippen LogP contribution in [0.3, 0.4) is 0 Å². The van der Waals surface area contributed by atoms with Crippen LogP contribution in [0, 0.1) is 6.92 Å². The Kier molecular flexibility index (Phi) is 4.71. The van der Waals surface area contributed by atoms with E-state index in [0.29, 0.717) is 6.04 Å². The number of hydrogen-bond acceptors (Lipinski definition) is 3. The van der Waals surface area contributed by atoms with E-state index in [1.54, 1.807) is 11.3 Å². The molecule has 1 aromatic carbocycles. The van der Waals surface area contributed by atoms with Crippen molar-refractivity contribution in [3.05, 3.63) is 51.5 Å². The van der Waals surface area contributed by atoms with Gasteiger partial charge in [-0.3, -0.25) is 0 Å². The highest BCUT2D eigenvalue weighted by molar-refractivity contribution is 7.09. The maximum atomic E-state index is 4.62. The van der Waals surface area contributed by atoms with Crippen LogP contribution in [0.5, 0.6) is 0 Å². The zero-order valence-electron chi connectivity index (χ0n) is 12.9. The van der Waals surface area contributed by atoms with Crippen LogP contribution in [0.25, 0.3) is 0 Å². The van der Waals surface area contributed by atoms with Crippen LogP contribution in [-0.2, 0) is 6.42 Å². The number of likely N-dealkylation sites (N-methyl/N-ethyl adjacent to an activating group) is 1. The molecule has 2 aromatic rings. The highest BCUT2D eigenvalue weighted by atomic mass is 32.1. The van der Waals surface area contributed by atoms with Crippen molar-refractivity contribution >= 4 is 11.3 Å². The second kappa shape index (κ2) is 6.71. The lowest BCUT2D eigenvalue weighted by Gasteiger charge is -2.27. The van der Waals surface area contributed by atoms with Crippen molar-refractivity contribution in [1.82, 2.24) is 10.3 Å². The van der Waals surface area contributed by atoms with Crippen molar-refractivity contribution in [3.8, 4) is 0 Å². The van der Waals surface area contributed by atoms with E-state index in [1.165, 1.54) is 35.4 Å². The van der Waals surface area contributed by atoms with Gasteiger partial charge < -0.3 is 5.32 Å². The smallest absolute Gasteiger partial charge is 0.0947 e. The standard InChI is InChI=1S/C18H24N2S/c1-3-19-17(11-18-20-13(2)12-21-18)16-9-5-8-15(10-16)14-6-4-7-14/h5,8-10,12,14,17,19H,3-4,6-7,11H2,1-2H3. The predicted octanol–water partition coefficient (Wildman–Crippen LogP) is 4.61. The van der Waals surface area contributed by atoms with Crippen LogP contribution in [0.4, 0.5) is 0 Å². The third-order valence-corrected chi connectivity index (χ3v) is 5.37. The van der Waals surface area contributed by atoms with E-state index < -0.39 is 0 Å². The number of nitrogens with zero attached hydrogens (tertiary/aromatic N) is 1. The molecule has 0 aliphatic heterocycles. The zero-order valence-corrected chi connectivity index (χ0v) is 13.7. The SMILES string of the molecule is CCNC(Cc1nc(C)cs1)c1cccc(C2CCC2)c1. The van der Waals surface area contributed by atoms with Crippen LogP contribution in [0.2, 0.25) is 0 Å². The van der Waals surface area contributed by atoms with Crippen molar-refractivity contribution in [2.45, 2.75) is 51.5 Å². The number of thiazole rings is 1. The fraction of sp³-hybridized carbons (Fsp3) is 0.500. The predicted molar refractivity (Wildman–Crippen MR) is 90.0 cm³/mol. The maximum absolute atomic E-state index is 4.62. The molecule has 0 spiro atoms. The Morgan fingerprint density at radius 1 is 1.38 bits per heavy atom. The molecule has 1 N–H and O–H groups in total. The summed E-state index contributed by atoms with van der Waals surface area (Å²) in [7, 11) is 0. The van der Waals surface area contributed by atoms with E-state index in [1.807, 2.05) is 0 Å². The summed E-state index contributed by atoms with van der Waals surface area (Å²) in [6.07, 6.45) is 5.10. The minimum Gasteiger partial charge on any atom is -0.310 e. The average Bonchev–Trinajstić information content (AvgIpc) is 2.82. The van der Waals surface area contributed by atoms with E-state index in [4.69, 9.17) is 0 Å². The monoisotopic (exact) mass is 300 g/mol. The summed E-state index contributed by atoms with van der Waals surface area (Å²) in [6.45, 7) is 5.23. The second-order valence-electron chi connectivity index (χ2n) is 5.99. The Labute approximate surface area is 131 Å². The van der Waals surface area contributed by atoms with Crippen molar-refractivity contribution in [2.24, 2.45) is 0 Å². The molecule has 1 unspecified atom stereocenters. The minimum absolute atomic E-state index is 0.376. The summed E-state index contributed by atoms with van der Waals surface area (Å²) in [4.78, 5) is 4.62. The van der Waals surface area contributed by atoms with Gasteiger partial charge in [0.25, 0.3) is 0 Å². The Hall–Kier alpha value is -1.19. The Balaban J connectivity index is 1.79. The molecule has 112 valence electrons. The number of hydrogen-bond donors (Lipinski definition) is 1. The lowest BCUT2D eigenvalue weighted by Crippen LogP contribution is -2.23. The molecule has 1 saturated carbocycles. The summed E-state index contributed by atoms with van der Waals surface area (Å²) >= 11 is 1.77. The Bertz CT molecular complexity index is 586. The first-order chi connectivity index (χ1) is 10.3. The minimum atomic E-state index is 0.376. The summed E-state index contributed by atoms with van der Waals surface area (Å²) in [5, 5.41) is 7.00. The van der Waals surface area contributed by atoms with Crippen molar-refractivity contribution in [2.75, 3.05) is 6.54 Å². The van der Waals surface area contributed by atoms with Gasteiger partial charge in [-0.25, -0.2) is 4.98 Å². The third kappa shape index (κ3) is 3.53. The molecule has 0 amide bonds. The van der Waals surface area contributed by atoms with Crippen LogP contribution in [-0.4, -0.2) is 11.5 Å². The van der Waals surface area contributed by atoms with Crippen molar-refractivity contribution in [3.63, 3.8) is 0 Å². The molecule has 1 aliphatic rings. The molecule has 0 radical (unpaired) electrons. The highest BCUT2D eigenvalue weighted by Crippen LogP contribution is 2.37. The fourth-order valence-corrected chi connectivity index (χ4v) is 3.82. The molecular formula is C18H24N2S. The van der Waals surface area contributed by atoms with Gasteiger partial charge in [-0.1, -0.05) is 37.6 Å². The lowest BCUT2D eigenvalue weighted by atomic mass is 9.79. The number of benzene rings is 1. The summed E-state index contributed by atoms with van der Waals surface area (Å²) < 4.78 is 0. The van der Waals surface area contributed by atoms with E-state index >= 15 is 0 Å². The van der Waals surface area contributed by atoms with Gasteiger partial charge in [-0.05, 0) is 43.4 Å². The maximum Gasteiger partial charge on any atom is 0.0947 e. The molecule has 1 fully saturated rings. The van der Waals surface area contributed by atoms with Gasteiger partial charge in [0.2, 0.25) is 0 Å². The van der Waals surface area contributed by atoms with E-state index in [9.17, 15) is 0 Å². The molecule has 21 heavy (non-hydrogen) atoms. The fourth-order valence-electron chi connectivity index (χ4n) is 3.00. The first-order valence-electron chi connectivity index (χ1n) is 8.00. The first kappa shape index (κ1) is 14.7. The molecule has 1 aromatic heterocycles. The highest BCUT2D eigenvalue weighted by Gasteiger charge is 2.21. The zero-order chi connectivity index (χ0) is 14.7. The van der Waals surface area contributed by atoms with Crippen LogP contribution in [0.15, 0.2) is 29.6 Å². The van der Waals surface area contributed by atoms with Gasteiger partial charge in [0.1, 0.15) is 0 Å². The van der Waals surface area contributed by atoms with E-state index in [2.05, 4.69) is 53.8 Å². The quantitative estimate of drug-likeness (QED) is 0.842. The topological polar surface area (TPSA) is 24.9 Å². The lowest BCUT2D eigenvalue weighted by molar-refractivity contribution is 0.419. The number of nitrogens with one attached hydrogen (secondary N) is 1. The van der Waals surface area contributed by atoms with Gasteiger partial charge in [-0.15, -0.1) is 11.3 Å². The van der Waals surface area contributed by atoms with Gasteiger partial charge >= 0.3 is 0 Å². The molecule has 0 saturated heterocycles. The van der Waals surface area contributed by atoms with E-state index in [0.717, 1.165) is 24.6 Å². The van der Waals surface area contributed by atoms with Gasteiger partial charge in [0.15, 0.2) is 0 Å². The largest absolute Gasteiger partial charge is 0.310 e. The first-order valence-corrected chi connectivity index (χ1v) is 8.88. The normalized spacial score (nSPS) is 16.7. The van der Waals surface area contributed by atoms with Crippen LogP contribution < -0.4 is 5.32 Å².